The van der Waals surface area contributed by atoms with Crippen molar-refractivity contribution in [2.45, 2.75) is 71.0 Å². The highest BCUT2D eigenvalue weighted by Crippen LogP contribution is 2.40. The van der Waals surface area contributed by atoms with Gasteiger partial charge in [0.15, 0.2) is 24.6 Å². The molecular weight excluding hydrogens is 552 g/mol. The molecule has 3 heterocycles. The van der Waals surface area contributed by atoms with E-state index in [1.165, 1.54) is 13.2 Å². The van der Waals surface area contributed by atoms with E-state index in [0.29, 0.717) is 0 Å². The Hall–Kier alpha value is -3.53. The van der Waals surface area contributed by atoms with Crippen molar-refractivity contribution >= 4 is 29.8 Å². The molecule has 0 radical (unpaired) electrons. The molecule has 0 bridgehead atoms. The Morgan fingerprint density at radius 2 is 1.46 bits per heavy atom. The fourth-order valence-electron chi connectivity index (χ4n) is 4.71. The third kappa shape index (κ3) is 8.03. The number of methoxy groups -OCH3 is 1. The topological polar surface area (TPSA) is 178 Å². The summed E-state index contributed by atoms with van der Waals surface area (Å²) >= 11 is 0. The fourth-order valence-corrected chi connectivity index (χ4v) is 4.71. The van der Waals surface area contributed by atoms with E-state index in [9.17, 15) is 24.0 Å². The first-order valence-electron chi connectivity index (χ1n) is 12.7. The maximum atomic E-state index is 12.5. The zero-order chi connectivity index (χ0) is 30.3. The highest BCUT2D eigenvalue weighted by Gasteiger charge is 2.55. The molecule has 41 heavy (non-hydrogen) atoms. The van der Waals surface area contributed by atoms with Crippen LogP contribution in [-0.2, 0) is 71.3 Å². The second-order valence-corrected chi connectivity index (χ2v) is 9.22. The Bertz CT molecular complexity index is 1030. The zero-order valence-electron chi connectivity index (χ0n) is 23.3. The summed E-state index contributed by atoms with van der Waals surface area (Å²) in [7, 11) is 1.21. The Balaban J connectivity index is 2.00. The van der Waals surface area contributed by atoms with Crippen LogP contribution in [-0.4, -0.2) is 100 Å². The predicted octanol–water partition coefficient (Wildman–Crippen LogP) is 0.291. The summed E-state index contributed by atoms with van der Waals surface area (Å²) in [5.74, 6) is -5.31. The van der Waals surface area contributed by atoms with Gasteiger partial charge in [-0.05, 0) is 0 Å². The molecule has 3 aliphatic rings. The van der Waals surface area contributed by atoms with E-state index in [4.69, 9.17) is 47.4 Å². The van der Waals surface area contributed by atoms with Crippen molar-refractivity contribution in [2.75, 3.05) is 26.9 Å². The summed E-state index contributed by atoms with van der Waals surface area (Å²) in [5.41, 5.74) is 0.102. The Morgan fingerprint density at radius 3 is 2.00 bits per heavy atom. The van der Waals surface area contributed by atoms with E-state index in [1.54, 1.807) is 0 Å². The molecule has 2 saturated heterocycles. The van der Waals surface area contributed by atoms with E-state index in [1.807, 2.05) is 0 Å². The van der Waals surface area contributed by atoms with Gasteiger partial charge in [-0.1, -0.05) is 6.08 Å². The monoisotopic (exact) mass is 586 g/mol. The van der Waals surface area contributed by atoms with Gasteiger partial charge in [0.05, 0.1) is 44.0 Å². The van der Waals surface area contributed by atoms with Gasteiger partial charge in [-0.3, -0.25) is 19.2 Å². The molecule has 0 aromatic carbocycles. The highest BCUT2D eigenvalue weighted by atomic mass is 16.8. The Kier molecular flexibility index (Phi) is 11.2. The van der Waals surface area contributed by atoms with Gasteiger partial charge >= 0.3 is 29.8 Å². The number of carbonyl (C=O) groups is 5. The van der Waals surface area contributed by atoms with Crippen LogP contribution in [0.1, 0.15) is 27.7 Å². The lowest BCUT2D eigenvalue weighted by Gasteiger charge is -2.46. The van der Waals surface area contributed by atoms with Crippen LogP contribution in [0, 0.1) is 11.8 Å². The summed E-state index contributed by atoms with van der Waals surface area (Å²) in [6, 6.07) is 0. The Morgan fingerprint density at radius 1 is 0.878 bits per heavy atom. The van der Waals surface area contributed by atoms with E-state index >= 15 is 0 Å². The van der Waals surface area contributed by atoms with E-state index in [-0.39, 0.29) is 18.8 Å². The average molecular weight is 587 g/mol. The van der Waals surface area contributed by atoms with Crippen LogP contribution < -0.4 is 0 Å². The van der Waals surface area contributed by atoms with Crippen LogP contribution in [0.4, 0.5) is 0 Å². The van der Waals surface area contributed by atoms with Gasteiger partial charge in [-0.2, -0.15) is 0 Å². The molecule has 15 nitrogen and oxygen atoms in total. The molecule has 0 unspecified atom stereocenters. The summed E-state index contributed by atoms with van der Waals surface area (Å²) in [6.07, 6.45) is -6.54. The van der Waals surface area contributed by atoms with Crippen molar-refractivity contribution < 1.29 is 71.3 Å². The molecule has 8 atom stereocenters. The second kappa shape index (κ2) is 14.4. The standard InChI is InChI=1S/C26H34O15/c1-7-16-19(25-33-8-9-34-25)17(23(31)32-6)10-36-24(16)41-26-22(39-15(5)30)21(38-14(4)29)20(37-13(3)28)18(40-26)11-35-12(2)27/h7,10,16,18-22,24-26H,1,8-9,11H2,2-6H3/t16-,18-,19+,20+,21-,22+,24+,26-/m1/s1. The van der Waals surface area contributed by atoms with Crippen LogP contribution in [0.15, 0.2) is 24.5 Å². The van der Waals surface area contributed by atoms with Crippen LogP contribution in [0.25, 0.3) is 0 Å². The molecule has 0 saturated carbocycles. The van der Waals surface area contributed by atoms with Gasteiger partial charge in [0.25, 0.3) is 0 Å². The van der Waals surface area contributed by atoms with Gasteiger partial charge in [-0.25, -0.2) is 4.79 Å². The molecule has 15 heteroatoms. The quantitative estimate of drug-likeness (QED) is 0.194. The van der Waals surface area contributed by atoms with E-state index < -0.39 is 91.6 Å². The first-order valence-corrected chi connectivity index (χ1v) is 12.7. The molecular formula is C26H34O15. The number of hydrogen-bond acceptors (Lipinski definition) is 15. The van der Waals surface area contributed by atoms with Crippen LogP contribution in [0.2, 0.25) is 0 Å². The summed E-state index contributed by atoms with van der Waals surface area (Å²) < 4.78 is 55.4. The molecule has 3 aliphatic heterocycles. The lowest BCUT2D eigenvalue weighted by molar-refractivity contribution is -0.343. The maximum Gasteiger partial charge on any atom is 0.337 e. The normalized spacial score (nSPS) is 31.6. The number of esters is 5. The molecule has 3 rings (SSSR count). The molecule has 2 fully saturated rings. The minimum absolute atomic E-state index is 0.102. The first kappa shape index (κ1) is 32.0. The SMILES string of the molecule is C=C[C@H]1[C@H](O[C@H]2O[C@H](COC(C)=O)[C@H](OC(C)=O)[C@@H](OC(C)=O)[C@@H]2OC(C)=O)OC=C(C(=O)OC)[C@H]1C1OCCO1. The molecule has 0 aliphatic carbocycles. The molecule has 228 valence electrons. The van der Waals surface area contributed by atoms with Gasteiger partial charge < -0.3 is 47.4 Å². The van der Waals surface area contributed by atoms with E-state index in [2.05, 4.69) is 6.58 Å². The lowest BCUT2D eigenvalue weighted by atomic mass is 9.83. The smallest absolute Gasteiger partial charge is 0.337 e. The van der Waals surface area contributed by atoms with E-state index in [0.717, 1.165) is 34.0 Å². The molecule has 0 spiro atoms. The first-order chi connectivity index (χ1) is 19.5. The van der Waals surface area contributed by atoms with Crippen molar-refractivity contribution in [1.29, 1.82) is 0 Å². The third-order valence-electron chi connectivity index (χ3n) is 6.27. The van der Waals surface area contributed by atoms with Crippen molar-refractivity contribution in [3.05, 3.63) is 24.5 Å². The number of carbonyl (C=O) groups excluding carboxylic acids is 5. The molecule has 0 amide bonds. The minimum Gasteiger partial charge on any atom is -0.471 e. The molecule has 0 N–H and O–H groups in total. The average Bonchev–Trinajstić information content (AvgIpc) is 3.44. The van der Waals surface area contributed by atoms with Crippen molar-refractivity contribution in [3.8, 4) is 0 Å². The fraction of sp³-hybridized carbons (Fsp3) is 0.654. The van der Waals surface area contributed by atoms with Gasteiger partial charge in [0, 0.05) is 27.7 Å². The third-order valence-corrected chi connectivity index (χ3v) is 6.27. The van der Waals surface area contributed by atoms with Crippen molar-refractivity contribution in [2.24, 2.45) is 11.8 Å². The maximum absolute atomic E-state index is 12.5. The highest BCUT2D eigenvalue weighted by molar-refractivity contribution is 5.89. The zero-order valence-corrected chi connectivity index (χ0v) is 23.3. The number of ether oxygens (including phenoxy) is 10. The number of hydrogen-bond donors (Lipinski definition) is 0. The lowest BCUT2D eigenvalue weighted by Crippen LogP contribution is -2.63. The van der Waals surface area contributed by atoms with Gasteiger partial charge in [0.1, 0.15) is 12.7 Å². The minimum atomic E-state index is -1.53. The van der Waals surface area contributed by atoms with Crippen LogP contribution >= 0.6 is 0 Å². The molecule has 0 aromatic rings. The number of rotatable bonds is 10. The van der Waals surface area contributed by atoms with Gasteiger partial charge in [0.2, 0.25) is 12.6 Å². The summed E-state index contributed by atoms with van der Waals surface area (Å²) in [6.45, 7) is 8.44. The predicted molar refractivity (Wildman–Crippen MR) is 131 cm³/mol. The van der Waals surface area contributed by atoms with Crippen LogP contribution in [0.3, 0.4) is 0 Å². The van der Waals surface area contributed by atoms with Gasteiger partial charge in [-0.15, -0.1) is 6.58 Å². The van der Waals surface area contributed by atoms with Crippen molar-refractivity contribution in [1.82, 2.24) is 0 Å². The molecule has 0 aromatic heterocycles. The summed E-state index contributed by atoms with van der Waals surface area (Å²) in [4.78, 5) is 60.2. The Labute approximate surface area is 235 Å². The largest absolute Gasteiger partial charge is 0.471 e. The summed E-state index contributed by atoms with van der Waals surface area (Å²) in [5, 5.41) is 0. The second-order valence-electron chi connectivity index (χ2n) is 9.22. The van der Waals surface area contributed by atoms with Crippen LogP contribution in [0.5, 0.6) is 0 Å². The van der Waals surface area contributed by atoms with Crippen molar-refractivity contribution in [3.63, 3.8) is 0 Å².